The van der Waals surface area contributed by atoms with Gasteiger partial charge < -0.3 is 0 Å². The molecule has 2 aromatic rings. The number of hydrogen-bond donors (Lipinski definition) is 0. The molecule has 0 radical (unpaired) electrons. The lowest BCUT2D eigenvalue weighted by Crippen LogP contribution is -1.81. The number of rotatable bonds is 1. The predicted molar refractivity (Wildman–Crippen MR) is 63.3 cm³/mol. The molecular weight excluding hydrogens is 215 g/mol. The Morgan fingerprint density at radius 3 is 2.57 bits per heavy atom. The Bertz CT molecular complexity index is 475. The van der Waals surface area contributed by atoms with Crippen molar-refractivity contribution in [2.24, 2.45) is 0 Å². The summed E-state index contributed by atoms with van der Waals surface area (Å²) >= 11 is 12.0. The van der Waals surface area contributed by atoms with Gasteiger partial charge in [-0.15, -0.1) is 0 Å². The minimum absolute atomic E-state index is 0.691. The van der Waals surface area contributed by atoms with E-state index in [-0.39, 0.29) is 0 Å². The molecule has 0 bridgehead atoms. The summed E-state index contributed by atoms with van der Waals surface area (Å²) in [6.07, 6.45) is 1.03. The first-order valence-electron chi connectivity index (χ1n) is 4.58. The molecule has 0 saturated carbocycles. The highest BCUT2D eigenvalue weighted by molar-refractivity contribution is 6.38. The summed E-state index contributed by atoms with van der Waals surface area (Å²) in [6, 6.07) is 10.0. The van der Waals surface area contributed by atoms with Crippen LogP contribution < -0.4 is 0 Å². The van der Waals surface area contributed by atoms with E-state index in [0.717, 1.165) is 22.2 Å². The highest BCUT2D eigenvalue weighted by Gasteiger charge is 2.01. The molecule has 0 unspecified atom stereocenters. The number of hydrogen-bond acceptors (Lipinski definition) is 0. The molecule has 0 heterocycles. The van der Waals surface area contributed by atoms with E-state index in [1.807, 2.05) is 12.1 Å². The standard InChI is InChI=1S/C12H10Cl2/c1-2-8-3-4-11-9(5-8)6-10(13)7-12(11)14/h3-7H,2H2,1H3. The fourth-order valence-corrected chi connectivity index (χ4v) is 2.13. The Labute approximate surface area is 93.4 Å². The van der Waals surface area contributed by atoms with Crippen molar-refractivity contribution >= 4 is 34.0 Å². The van der Waals surface area contributed by atoms with E-state index < -0.39 is 0 Å². The van der Waals surface area contributed by atoms with Gasteiger partial charge in [0.1, 0.15) is 0 Å². The molecule has 0 aliphatic carbocycles. The van der Waals surface area contributed by atoms with Gasteiger partial charge in [0.15, 0.2) is 0 Å². The fraction of sp³-hybridized carbons (Fsp3) is 0.167. The summed E-state index contributed by atoms with van der Waals surface area (Å²) in [7, 11) is 0. The quantitative estimate of drug-likeness (QED) is 0.659. The summed E-state index contributed by atoms with van der Waals surface area (Å²) in [6.45, 7) is 2.13. The lowest BCUT2D eigenvalue weighted by molar-refractivity contribution is 1.15. The van der Waals surface area contributed by atoms with E-state index in [0.29, 0.717) is 5.02 Å². The molecule has 0 spiro atoms. The van der Waals surface area contributed by atoms with Gasteiger partial charge in [-0.2, -0.15) is 0 Å². The maximum Gasteiger partial charge on any atom is 0.0499 e. The largest absolute Gasteiger partial charge is 0.0843 e. The van der Waals surface area contributed by atoms with Crippen molar-refractivity contribution in [3.63, 3.8) is 0 Å². The third-order valence-electron chi connectivity index (χ3n) is 2.34. The minimum atomic E-state index is 0.691. The van der Waals surface area contributed by atoms with Crippen LogP contribution in [0.3, 0.4) is 0 Å². The van der Waals surface area contributed by atoms with Gasteiger partial charge in [-0.25, -0.2) is 0 Å². The van der Waals surface area contributed by atoms with Crippen molar-refractivity contribution in [1.29, 1.82) is 0 Å². The van der Waals surface area contributed by atoms with Crippen molar-refractivity contribution in [3.8, 4) is 0 Å². The van der Waals surface area contributed by atoms with Crippen LogP contribution in [0.5, 0.6) is 0 Å². The van der Waals surface area contributed by atoms with Crippen molar-refractivity contribution in [3.05, 3.63) is 45.9 Å². The summed E-state index contributed by atoms with van der Waals surface area (Å²) in [5, 5.41) is 3.58. The van der Waals surface area contributed by atoms with Gasteiger partial charge in [0.05, 0.1) is 0 Å². The molecule has 2 heteroatoms. The summed E-state index contributed by atoms with van der Waals surface area (Å²) in [5.41, 5.74) is 1.30. The Morgan fingerprint density at radius 1 is 1.07 bits per heavy atom. The van der Waals surface area contributed by atoms with Crippen LogP contribution >= 0.6 is 23.2 Å². The van der Waals surface area contributed by atoms with Gasteiger partial charge in [-0.3, -0.25) is 0 Å². The Hall–Kier alpha value is -0.720. The van der Waals surface area contributed by atoms with E-state index in [2.05, 4.69) is 19.1 Å². The van der Waals surface area contributed by atoms with Gasteiger partial charge in [-0.05, 0) is 29.5 Å². The highest BCUT2D eigenvalue weighted by atomic mass is 35.5. The van der Waals surface area contributed by atoms with Crippen LogP contribution in [-0.2, 0) is 6.42 Å². The molecule has 2 rings (SSSR count). The second kappa shape index (κ2) is 3.80. The number of fused-ring (bicyclic) bond motifs is 1. The predicted octanol–water partition coefficient (Wildman–Crippen LogP) is 4.71. The SMILES string of the molecule is CCc1ccc2c(Cl)cc(Cl)cc2c1. The van der Waals surface area contributed by atoms with Gasteiger partial charge in [0.2, 0.25) is 0 Å². The number of aryl methyl sites for hydroxylation is 1. The van der Waals surface area contributed by atoms with Gasteiger partial charge in [-0.1, -0.05) is 48.3 Å². The number of benzene rings is 2. The van der Waals surface area contributed by atoms with Gasteiger partial charge in [0, 0.05) is 15.4 Å². The zero-order valence-corrected chi connectivity index (χ0v) is 9.36. The first-order valence-corrected chi connectivity index (χ1v) is 5.34. The molecule has 0 nitrogen and oxygen atoms in total. The topological polar surface area (TPSA) is 0 Å². The lowest BCUT2D eigenvalue weighted by atomic mass is 10.1. The third kappa shape index (κ3) is 1.73. The highest BCUT2D eigenvalue weighted by Crippen LogP contribution is 2.28. The second-order valence-electron chi connectivity index (χ2n) is 3.30. The molecular formula is C12H10Cl2. The van der Waals surface area contributed by atoms with Crippen LogP contribution in [0.15, 0.2) is 30.3 Å². The summed E-state index contributed by atoms with van der Waals surface area (Å²) < 4.78 is 0. The first-order chi connectivity index (χ1) is 6.70. The molecule has 0 amide bonds. The molecule has 0 saturated heterocycles. The summed E-state index contributed by atoms with van der Waals surface area (Å²) in [4.78, 5) is 0. The smallest absolute Gasteiger partial charge is 0.0499 e. The molecule has 0 atom stereocenters. The first kappa shape index (κ1) is 9.82. The molecule has 72 valence electrons. The van der Waals surface area contributed by atoms with Gasteiger partial charge >= 0.3 is 0 Å². The zero-order chi connectivity index (χ0) is 10.1. The maximum atomic E-state index is 6.07. The van der Waals surface area contributed by atoms with Crippen LogP contribution in [0.1, 0.15) is 12.5 Å². The molecule has 0 fully saturated rings. The molecule has 0 N–H and O–H groups in total. The maximum absolute atomic E-state index is 6.07. The van der Waals surface area contributed by atoms with Crippen molar-refractivity contribution in [2.45, 2.75) is 13.3 Å². The molecule has 0 aromatic heterocycles. The average Bonchev–Trinajstić information content (AvgIpc) is 2.16. The van der Waals surface area contributed by atoms with E-state index in [1.165, 1.54) is 5.56 Å². The Kier molecular flexibility index (Phi) is 2.66. The van der Waals surface area contributed by atoms with Crippen molar-refractivity contribution in [1.82, 2.24) is 0 Å². The van der Waals surface area contributed by atoms with E-state index >= 15 is 0 Å². The van der Waals surface area contributed by atoms with Gasteiger partial charge in [0.25, 0.3) is 0 Å². The normalized spacial score (nSPS) is 10.8. The summed E-state index contributed by atoms with van der Waals surface area (Å²) in [5.74, 6) is 0. The third-order valence-corrected chi connectivity index (χ3v) is 2.87. The monoisotopic (exact) mass is 224 g/mol. The van der Waals surface area contributed by atoms with Crippen LogP contribution in [0, 0.1) is 0 Å². The Morgan fingerprint density at radius 2 is 1.86 bits per heavy atom. The lowest BCUT2D eigenvalue weighted by Gasteiger charge is -2.03. The van der Waals surface area contributed by atoms with Crippen molar-refractivity contribution < 1.29 is 0 Å². The molecule has 2 aromatic carbocycles. The number of halogens is 2. The van der Waals surface area contributed by atoms with Crippen LogP contribution in [0.4, 0.5) is 0 Å². The molecule has 0 aliphatic rings. The average molecular weight is 225 g/mol. The van der Waals surface area contributed by atoms with E-state index in [4.69, 9.17) is 23.2 Å². The minimum Gasteiger partial charge on any atom is -0.0843 e. The van der Waals surface area contributed by atoms with Crippen molar-refractivity contribution in [2.75, 3.05) is 0 Å². The van der Waals surface area contributed by atoms with E-state index in [9.17, 15) is 0 Å². The molecule has 0 aliphatic heterocycles. The van der Waals surface area contributed by atoms with Crippen LogP contribution in [0.25, 0.3) is 10.8 Å². The second-order valence-corrected chi connectivity index (χ2v) is 4.14. The zero-order valence-electron chi connectivity index (χ0n) is 7.85. The van der Waals surface area contributed by atoms with Crippen LogP contribution in [-0.4, -0.2) is 0 Å². The van der Waals surface area contributed by atoms with E-state index in [1.54, 1.807) is 6.07 Å². The molecule has 14 heavy (non-hydrogen) atoms. The van der Waals surface area contributed by atoms with Crippen LogP contribution in [0.2, 0.25) is 10.0 Å². The Balaban J connectivity index is 2.75. The fourth-order valence-electron chi connectivity index (χ4n) is 1.56.